The molecule has 0 aromatic carbocycles. The van der Waals surface area contributed by atoms with Crippen molar-refractivity contribution >= 4 is 41.8 Å². The number of carbonyl (C=O) groups is 1. The predicted octanol–water partition coefficient (Wildman–Crippen LogP) is 1.80. The van der Waals surface area contributed by atoms with E-state index in [0.717, 1.165) is 45.3 Å². The van der Waals surface area contributed by atoms with E-state index in [1.165, 1.54) is 10.8 Å². The van der Waals surface area contributed by atoms with E-state index in [2.05, 4.69) is 15.3 Å². The Morgan fingerprint density at radius 1 is 1.28 bits per heavy atom. The van der Waals surface area contributed by atoms with Crippen LogP contribution in [-0.2, 0) is 6.54 Å². The van der Waals surface area contributed by atoms with Crippen molar-refractivity contribution in [3.63, 3.8) is 0 Å². The SMILES string of the molecule is CCCn1c(=O)[nH]c(=O)c2cc(C(=O)N3CCC(CCNC)CC3)cnc21.Cl.Cl. The number of halogens is 2. The summed E-state index contributed by atoms with van der Waals surface area (Å²) in [6, 6.07) is 1.56. The van der Waals surface area contributed by atoms with Crippen LogP contribution in [0.25, 0.3) is 11.0 Å². The molecular weight excluding hydrogens is 417 g/mol. The molecule has 0 aliphatic carbocycles. The minimum Gasteiger partial charge on any atom is -0.339 e. The summed E-state index contributed by atoms with van der Waals surface area (Å²) in [7, 11) is 1.95. The number of likely N-dealkylation sites (tertiary alicyclic amines) is 1. The molecule has 29 heavy (non-hydrogen) atoms. The second-order valence-electron chi connectivity index (χ2n) is 7.13. The van der Waals surface area contributed by atoms with Crippen LogP contribution >= 0.6 is 24.8 Å². The molecular formula is C19H29Cl2N5O3. The molecule has 10 heteroatoms. The highest BCUT2D eigenvalue weighted by Gasteiger charge is 2.24. The van der Waals surface area contributed by atoms with E-state index in [0.29, 0.717) is 23.7 Å². The van der Waals surface area contributed by atoms with Crippen LogP contribution in [0, 0.1) is 5.92 Å². The summed E-state index contributed by atoms with van der Waals surface area (Å²) in [4.78, 5) is 45.5. The zero-order chi connectivity index (χ0) is 19.4. The second-order valence-corrected chi connectivity index (χ2v) is 7.13. The van der Waals surface area contributed by atoms with Crippen molar-refractivity contribution in [2.24, 2.45) is 5.92 Å². The molecule has 2 aromatic rings. The molecule has 162 valence electrons. The Balaban J connectivity index is 0.00000210. The number of carbonyl (C=O) groups excluding carboxylic acids is 1. The van der Waals surface area contributed by atoms with Gasteiger partial charge in [0.2, 0.25) is 0 Å². The molecule has 1 aliphatic heterocycles. The Hall–Kier alpha value is -1.90. The molecule has 1 amide bonds. The number of nitrogens with one attached hydrogen (secondary N) is 2. The van der Waals surface area contributed by atoms with Gasteiger partial charge in [0.15, 0.2) is 0 Å². The first-order chi connectivity index (χ1) is 13.0. The van der Waals surface area contributed by atoms with Crippen LogP contribution in [0.5, 0.6) is 0 Å². The van der Waals surface area contributed by atoms with Crippen molar-refractivity contribution in [3.8, 4) is 0 Å². The number of aryl methyl sites for hydroxylation is 1. The number of piperidine rings is 1. The van der Waals surface area contributed by atoms with Gasteiger partial charge in [0, 0.05) is 25.8 Å². The third kappa shape index (κ3) is 5.58. The van der Waals surface area contributed by atoms with Gasteiger partial charge in [-0.15, -0.1) is 24.8 Å². The van der Waals surface area contributed by atoms with Gasteiger partial charge in [-0.1, -0.05) is 6.92 Å². The zero-order valence-electron chi connectivity index (χ0n) is 16.8. The van der Waals surface area contributed by atoms with E-state index in [1.807, 2.05) is 18.9 Å². The lowest BCUT2D eigenvalue weighted by atomic mass is 9.93. The van der Waals surface area contributed by atoms with E-state index >= 15 is 0 Å². The van der Waals surface area contributed by atoms with Crippen LogP contribution in [0.3, 0.4) is 0 Å². The van der Waals surface area contributed by atoms with E-state index in [9.17, 15) is 14.4 Å². The maximum Gasteiger partial charge on any atom is 0.329 e. The highest BCUT2D eigenvalue weighted by molar-refractivity contribution is 5.96. The average molecular weight is 446 g/mol. The standard InChI is InChI=1S/C19H27N5O3.2ClH/c1-3-8-24-16-15(17(25)22-19(24)27)11-14(12-21-16)18(26)23-9-5-13(6-10-23)4-7-20-2;;/h11-13,20H,3-10H2,1-2H3,(H,22,25,27);2*1H. The van der Waals surface area contributed by atoms with Gasteiger partial charge in [-0.3, -0.25) is 19.1 Å². The van der Waals surface area contributed by atoms with Crippen LogP contribution < -0.4 is 16.6 Å². The minimum absolute atomic E-state index is 0. The highest BCUT2D eigenvalue weighted by Crippen LogP contribution is 2.21. The Kier molecular flexibility index (Phi) is 9.82. The molecule has 1 saturated heterocycles. The van der Waals surface area contributed by atoms with Crippen molar-refractivity contribution in [2.45, 2.75) is 39.2 Å². The molecule has 0 unspecified atom stereocenters. The molecule has 1 aliphatic rings. The largest absolute Gasteiger partial charge is 0.339 e. The van der Waals surface area contributed by atoms with Gasteiger partial charge in [0.1, 0.15) is 5.65 Å². The lowest BCUT2D eigenvalue weighted by Crippen LogP contribution is -2.39. The zero-order valence-corrected chi connectivity index (χ0v) is 18.4. The summed E-state index contributed by atoms with van der Waals surface area (Å²) in [5.74, 6) is 0.534. The number of hydrogen-bond donors (Lipinski definition) is 2. The van der Waals surface area contributed by atoms with Gasteiger partial charge in [-0.05, 0) is 51.3 Å². The van der Waals surface area contributed by atoms with E-state index < -0.39 is 11.2 Å². The number of amides is 1. The number of hydrogen-bond acceptors (Lipinski definition) is 5. The van der Waals surface area contributed by atoms with Crippen LogP contribution in [0.1, 0.15) is 43.0 Å². The van der Waals surface area contributed by atoms with Gasteiger partial charge >= 0.3 is 5.69 Å². The maximum atomic E-state index is 12.8. The first kappa shape index (κ1) is 25.1. The molecule has 0 atom stereocenters. The first-order valence-electron chi connectivity index (χ1n) is 9.62. The Morgan fingerprint density at radius 3 is 2.59 bits per heavy atom. The van der Waals surface area contributed by atoms with Crippen molar-refractivity contribution in [1.82, 2.24) is 24.8 Å². The van der Waals surface area contributed by atoms with Gasteiger partial charge in [0.05, 0.1) is 10.9 Å². The van der Waals surface area contributed by atoms with Crippen molar-refractivity contribution < 1.29 is 4.79 Å². The summed E-state index contributed by atoms with van der Waals surface area (Å²) in [6.07, 6.45) is 5.32. The maximum absolute atomic E-state index is 12.8. The van der Waals surface area contributed by atoms with Crippen LogP contribution in [0.2, 0.25) is 0 Å². The molecule has 2 N–H and O–H groups in total. The van der Waals surface area contributed by atoms with Gasteiger partial charge in [-0.25, -0.2) is 9.78 Å². The van der Waals surface area contributed by atoms with E-state index in [4.69, 9.17) is 0 Å². The van der Waals surface area contributed by atoms with Gasteiger partial charge < -0.3 is 10.2 Å². The van der Waals surface area contributed by atoms with Crippen molar-refractivity contribution in [1.29, 1.82) is 0 Å². The molecule has 2 aromatic heterocycles. The van der Waals surface area contributed by atoms with Crippen LogP contribution in [0.4, 0.5) is 0 Å². The number of pyridine rings is 1. The summed E-state index contributed by atoms with van der Waals surface area (Å²) in [5.41, 5.74) is -0.254. The van der Waals surface area contributed by atoms with Gasteiger partial charge in [-0.2, -0.15) is 0 Å². The van der Waals surface area contributed by atoms with Crippen molar-refractivity contribution in [2.75, 3.05) is 26.7 Å². The Morgan fingerprint density at radius 2 is 1.97 bits per heavy atom. The third-order valence-corrected chi connectivity index (χ3v) is 5.23. The Bertz CT molecular complexity index is 936. The minimum atomic E-state index is -0.504. The molecule has 8 nitrogen and oxygen atoms in total. The predicted molar refractivity (Wildman–Crippen MR) is 119 cm³/mol. The summed E-state index contributed by atoms with van der Waals surface area (Å²) < 4.78 is 1.44. The fourth-order valence-electron chi connectivity index (χ4n) is 3.67. The number of aromatic nitrogens is 3. The lowest BCUT2D eigenvalue weighted by molar-refractivity contribution is 0.0687. The van der Waals surface area contributed by atoms with E-state index in [-0.39, 0.29) is 36.1 Å². The Labute approximate surface area is 181 Å². The van der Waals surface area contributed by atoms with Crippen LogP contribution in [0.15, 0.2) is 21.9 Å². The normalized spacial score (nSPS) is 14.3. The molecule has 0 bridgehead atoms. The topological polar surface area (TPSA) is 100 Å². The summed E-state index contributed by atoms with van der Waals surface area (Å²) >= 11 is 0. The fraction of sp³-hybridized carbons (Fsp3) is 0.579. The van der Waals surface area contributed by atoms with E-state index in [1.54, 1.807) is 6.07 Å². The quantitative estimate of drug-likeness (QED) is 0.705. The number of aromatic amines is 1. The average Bonchev–Trinajstić information content (AvgIpc) is 2.69. The van der Waals surface area contributed by atoms with Crippen molar-refractivity contribution in [3.05, 3.63) is 38.7 Å². The molecule has 0 saturated carbocycles. The number of H-pyrrole nitrogens is 1. The molecule has 3 rings (SSSR count). The number of fused-ring (bicyclic) bond motifs is 1. The monoisotopic (exact) mass is 445 g/mol. The second kappa shape index (κ2) is 11.3. The summed E-state index contributed by atoms with van der Waals surface area (Å²) in [6.45, 7) is 4.84. The summed E-state index contributed by atoms with van der Waals surface area (Å²) in [5, 5.41) is 3.44. The van der Waals surface area contributed by atoms with Gasteiger partial charge in [0.25, 0.3) is 11.5 Å². The molecule has 3 heterocycles. The molecule has 1 fully saturated rings. The molecule has 0 spiro atoms. The third-order valence-electron chi connectivity index (χ3n) is 5.23. The number of nitrogens with zero attached hydrogens (tertiary/aromatic N) is 3. The molecule has 0 radical (unpaired) electrons. The lowest BCUT2D eigenvalue weighted by Gasteiger charge is -2.32. The number of rotatable bonds is 6. The fourth-order valence-corrected chi connectivity index (χ4v) is 3.67. The smallest absolute Gasteiger partial charge is 0.329 e. The van der Waals surface area contributed by atoms with Crippen LogP contribution in [-0.4, -0.2) is 52.0 Å². The highest BCUT2D eigenvalue weighted by atomic mass is 35.5. The first-order valence-corrected chi connectivity index (χ1v) is 9.62.